The van der Waals surface area contributed by atoms with E-state index in [1.54, 1.807) is 12.1 Å². The summed E-state index contributed by atoms with van der Waals surface area (Å²) in [6, 6.07) is 7.44. The number of thioether (sulfide) groups is 1. The number of amides is 1. The summed E-state index contributed by atoms with van der Waals surface area (Å²) in [5.74, 6) is 1.57. The van der Waals surface area contributed by atoms with Crippen LogP contribution in [0.1, 0.15) is 57.4 Å². The third-order valence-electron chi connectivity index (χ3n) is 6.58. The minimum Gasteiger partial charge on any atom is -0.339 e. The lowest BCUT2D eigenvalue weighted by Gasteiger charge is -2.44. The minimum absolute atomic E-state index is 0.212. The topological polar surface area (TPSA) is 51.0 Å². The standard InChI is InChI=1S/C22H27FN4OS/c23-18-9-3-2-8-17(18)21-24-25-22(27(21)16-11-12-16)29-14-20(28)26-13-5-7-15-6-1-4-10-19(15)26/h2-3,8-9,15-16,19H,1,4-7,10-14H2/t15-,19+/m0/s1. The van der Waals surface area contributed by atoms with Crippen LogP contribution in [-0.2, 0) is 4.79 Å². The maximum absolute atomic E-state index is 14.3. The van der Waals surface area contributed by atoms with Gasteiger partial charge in [-0.2, -0.15) is 0 Å². The van der Waals surface area contributed by atoms with Gasteiger partial charge in [0.2, 0.25) is 5.91 Å². The predicted molar refractivity (Wildman–Crippen MR) is 111 cm³/mol. The molecule has 0 N–H and O–H groups in total. The lowest BCUT2D eigenvalue weighted by atomic mass is 9.78. The number of hydrogen-bond donors (Lipinski definition) is 0. The molecule has 3 fully saturated rings. The molecule has 1 aromatic heterocycles. The summed E-state index contributed by atoms with van der Waals surface area (Å²) in [6.45, 7) is 0.885. The van der Waals surface area contributed by atoms with Crippen LogP contribution in [0, 0.1) is 11.7 Å². The molecule has 154 valence electrons. The zero-order valence-corrected chi connectivity index (χ0v) is 17.4. The molecule has 2 atom stereocenters. The Balaban J connectivity index is 1.32. The highest BCUT2D eigenvalue weighted by molar-refractivity contribution is 7.99. The van der Waals surface area contributed by atoms with Gasteiger partial charge in [-0.3, -0.25) is 9.36 Å². The number of benzene rings is 1. The first kappa shape index (κ1) is 19.1. The molecule has 0 spiro atoms. The fourth-order valence-electron chi connectivity index (χ4n) is 5.01. The number of rotatable bonds is 5. The Kier molecular flexibility index (Phi) is 5.33. The molecule has 0 bridgehead atoms. The van der Waals surface area contributed by atoms with Gasteiger partial charge in [0, 0.05) is 18.6 Å². The van der Waals surface area contributed by atoms with E-state index >= 15 is 0 Å². The Morgan fingerprint density at radius 1 is 1.07 bits per heavy atom. The zero-order valence-electron chi connectivity index (χ0n) is 16.6. The first-order chi connectivity index (χ1) is 14.2. The number of halogens is 1. The van der Waals surface area contributed by atoms with Gasteiger partial charge in [0.25, 0.3) is 0 Å². The smallest absolute Gasteiger partial charge is 0.233 e. The second-order valence-corrected chi connectivity index (χ2v) is 9.46. The van der Waals surface area contributed by atoms with Gasteiger partial charge in [-0.15, -0.1) is 10.2 Å². The van der Waals surface area contributed by atoms with E-state index < -0.39 is 0 Å². The summed E-state index contributed by atoms with van der Waals surface area (Å²) in [7, 11) is 0. The van der Waals surface area contributed by atoms with Crippen molar-refractivity contribution in [2.45, 2.75) is 68.6 Å². The highest BCUT2D eigenvalue weighted by Gasteiger charge is 2.36. The number of nitrogens with zero attached hydrogens (tertiary/aromatic N) is 4. The van der Waals surface area contributed by atoms with Crippen LogP contribution in [0.2, 0.25) is 0 Å². The molecule has 1 aliphatic heterocycles. The molecule has 3 aliphatic rings. The van der Waals surface area contributed by atoms with Crippen molar-refractivity contribution < 1.29 is 9.18 Å². The SMILES string of the molecule is O=C(CSc1nnc(-c2ccccc2F)n1C1CC1)N1CCC[C@@H]2CCCC[C@H]21. The number of carbonyl (C=O) groups is 1. The lowest BCUT2D eigenvalue weighted by molar-refractivity contribution is -0.134. The molecular formula is C22H27FN4OS. The van der Waals surface area contributed by atoms with Crippen LogP contribution in [-0.4, -0.2) is 43.9 Å². The van der Waals surface area contributed by atoms with E-state index in [2.05, 4.69) is 15.1 Å². The second kappa shape index (κ2) is 8.09. The van der Waals surface area contributed by atoms with Gasteiger partial charge in [0.15, 0.2) is 11.0 Å². The first-order valence-corrected chi connectivity index (χ1v) is 11.8. The summed E-state index contributed by atoms with van der Waals surface area (Å²) < 4.78 is 16.4. The third kappa shape index (κ3) is 3.81. The van der Waals surface area contributed by atoms with Crippen molar-refractivity contribution in [1.82, 2.24) is 19.7 Å². The summed E-state index contributed by atoms with van der Waals surface area (Å²) in [4.78, 5) is 15.2. The van der Waals surface area contributed by atoms with Crippen LogP contribution in [0.3, 0.4) is 0 Å². The quantitative estimate of drug-likeness (QED) is 0.666. The maximum Gasteiger partial charge on any atom is 0.233 e. The van der Waals surface area contributed by atoms with E-state index in [1.165, 1.54) is 43.5 Å². The number of fused-ring (bicyclic) bond motifs is 1. The van der Waals surface area contributed by atoms with E-state index in [0.717, 1.165) is 37.4 Å². The third-order valence-corrected chi connectivity index (χ3v) is 7.51. The summed E-state index contributed by atoms with van der Waals surface area (Å²) in [5, 5.41) is 9.36. The molecule has 2 aliphatic carbocycles. The van der Waals surface area contributed by atoms with Crippen molar-refractivity contribution >= 4 is 17.7 Å². The molecular weight excluding hydrogens is 387 g/mol. The van der Waals surface area contributed by atoms with Crippen molar-refractivity contribution in [3.05, 3.63) is 30.1 Å². The number of carbonyl (C=O) groups excluding carboxylic acids is 1. The number of likely N-dealkylation sites (tertiary alicyclic amines) is 1. The van der Waals surface area contributed by atoms with Crippen molar-refractivity contribution in [3.63, 3.8) is 0 Å². The summed E-state index contributed by atoms with van der Waals surface area (Å²) >= 11 is 1.45. The van der Waals surface area contributed by atoms with Gasteiger partial charge in [-0.05, 0) is 56.6 Å². The number of hydrogen-bond acceptors (Lipinski definition) is 4. The van der Waals surface area contributed by atoms with Gasteiger partial charge in [-0.25, -0.2) is 4.39 Å². The average molecular weight is 415 g/mol. The predicted octanol–water partition coefficient (Wildman–Crippen LogP) is 4.69. The van der Waals surface area contributed by atoms with Crippen molar-refractivity contribution in [2.24, 2.45) is 5.92 Å². The number of piperidine rings is 1. The second-order valence-electron chi connectivity index (χ2n) is 8.52. The fourth-order valence-corrected chi connectivity index (χ4v) is 5.90. The Hall–Kier alpha value is -1.89. The monoisotopic (exact) mass is 414 g/mol. The number of aromatic nitrogens is 3. The van der Waals surface area contributed by atoms with E-state index in [4.69, 9.17) is 0 Å². The Bertz CT molecular complexity index is 895. The van der Waals surface area contributed by atoms with Gasteiger partial charge in [0.1, 0.15) is 5.82 Å². The molecule has 0 radical (unpaired) electrons. The van der Waals surface area contributed by atoms with E-state index in [-0.39, 0.29) is 11.7 Å². The van der Waals surface area contributed by atoms with E-state index in [9.17, 15) is 9.18 Å². The Morgan fingerprint density at radius 3 is 2.69 bits per heavy atom. The average Bonchev–Trinajstić information content (AvgIpc) is 3.51. The molecule has 1 aromatic carbocycles. The van der Waals surface area contributed by atoms with Gasteiger partial charge in [0.05, 0.1) is 11.3 Å². The van der Waals surface area contributed by atoms with Crippen LogP contribution in [0.25, 0.3) is 11.4 Å². The molecule has 0 unspecified atom stereocenters. The Labute approximate surface area is 175 Å². The van der Waals surface area contributed by atoms with E-state index in [1.807, 2.05) is 10.6 Å². The van der Waals surface area contributed by atoms with Crippen molar-refractivity contribution in [3.8, 4) is 11.4 Å². The zero-order chi connectivity index (χ0) is 19.8. The molecule has 2 saturated carbocycles. The fraction of sp³-hybridized carbons (Fsp3) is 0.591. The summed E-state index contributed by atoms with van der Waals surface area (Å²) in [6.07, 6.45) is 9.45. The molecule has 5 rings (SSSR count). The lowest BCUT2D eigenvalue weighted by Crippen LogP contribution is -2.50. The van der Waals surface area contributed by atoms with Crippen LogP contribution >= 0.6 is 11.8 Å². The molecule has 1 amide bonds. The van der Waals surface area contributed by atoms with Gasteiger partial charge < -0.3 is 4.90 Å². The van der Waals surface area contributed by atoms with Crippen LogP contribution in [0.4, 0.5) is 4.39 Å². The molecule has 29 heavy (non-hydrogen) atoms. The summed E-state index contributed by atoms with van der Waals surface area (Å²) in [5.41, 5.74) is 0.478. The first-order valence-electron chi connectivity index (χ1n) is 10.8. The molecule has 5 nitrogen and oxygen atoms in total. The minimum atomic E-state index is -0.286. The normalized spacial score (nSPS) is 24.4. The highest BCUT2D eigenvalue weighted by atomic mass is 32.2. The largest absolute Gasteiger partial charge is 0.339 e. The van der Waals surface area contributed by atoms with Crippen LogP contribution < -0.4 is 0 Å². The van der Waals surface area contributed by atoms with Crippen LogP contribution in [0.15, 0.2) is 29.4 Å². The van der Waals surface area contributed by atoms with Crippen molar-refractivity contribution in [1.29, 1.82) is 0 Å². The maximum atomic E-state index is 14.3. The van der Waals surface area contributed by atoms with Gasteiger partial charge >= 0.3 is 0 Å². The molecule has 7 heteroatoms. The van der Waals surface area contributed by atoms with Crippen LogP contribution in [0.5, 0.6) is 0 Å². The molecule has 2 aromatic rings. The molecule has 2 heterocycles. The van der Waals surface area contributed by atoms with E-state index in [0.29, 0.717) is 35.1 Å². The van der Waals surface area contributed by atoms with Crippen molar-refractivity contribution in [2.75, 3.05) is 12.3 Å². The highest BCUT2D eigenvalue weighted by Crippen LogP contribution is 2.42. The van der Waals surface area contributed by atoms with Gasteiger partial charge in [-0.1, -0.05) is 36.7 Å². The Morgan fingerprint density at radius 2 is 1.86 bits per heavy atom. The molecule has 1 saturated heterocycles.